The van der Waals surface area contributed by atoms with E-state index in [2.05, 4.69) is 15.3 Å². The van der Waals surface area contributed by atoms with Crippen LogP contribution in [0.2, 0.25) is 0 Å². The van der Waals surface area contributed by atoms with E-state index in [9.17, 15) is 9.59 Å². The van der Waals surface area contributed by atoms with Crippen LogP contribution in [0.5, 0.6) is 5.75 Å². The number of aliphatic carboxylic acids is 1. The molecule has 2 aromatic rings. The second-order valence-corrected chi connectivity index (χ2v) is 6.43. The minimum Gasteiger partial charge on any atom is -0.479 e. The number of nitrogens with one attached hydrogen (secondary N) is 1. The van der Waals surface area contributed by atoms with Crippen LogP contribution in [-0.2, 0) is 4.79 Å². The number of allylic oxidation sites excluding steroid dienone is 1. The van der Waals surface area contributed by atoms with Crippen molar-refractivity contribution in [1.29, 1.82) is 0 Å². The maximum Gasteiger partial charge on any atom is 0.341 e. The van der Waals surface area contributed by atoms with Gasteiger partial charge in [-0.15, -0.1) is 0 Å². The minimum atomic E-state index is -1.06. The molecular weight excluding hydrogens is 360 g/mol. The molecule has 3 heterocycles. The van der Waals surface area contributed by atoms with E-state index < -0.39 is 12.6 Å². The van der Waals surface area contributed by atoms with E-state index in [-0.39, 0.29) is 5.78 Å². The molecule has 0 atom stereocenters. The van der Waals surface area contributed by atoms with Crippen LogP contribution in [0.15, 0.2) is 53.5 Å². The third-order valence-electron chi connectivity index (χ3n) is 4.53. The van der Waals surface area contributed by atoms with Gasteiger partial charge < -0.3 is 20.1 Å². The second kappa shape index (κ2) is 7.15. The first kappa shape index (κ1) is 17.7. The highest BCUT2D eigenvalue weighted by Gasteiger charge is 2.32. The van der Waals surface area contributed by atoms with Crippen LogP contribution >= 0.6 is 0 Å². The van der Waals surface area contributed by atoms with Gasteiger partial charge in [0.15, 0.2) is 12.4 Å². The summed E-state index contributed by atoms with van der Waals surface area (Å²) in [6.45, 7) is 2.64. The Morgan fingerprint density at radius 3 is 2.96 bits per heavy atom. The molecule has 2 N–H and O–H groups in total. The van der Waals surface area contributed by atoms with Crippen LogP contribution in [0.4, 0.5) is 5.69 Å². The summed E-state index contributed by atoms with van der Waals surface area (Å²) >= 11 is 0. The van der Waals surface area contributed by atoms with Gasteiger partial charge >= 0.3 is 5.97 Å². The lowest BCUT2D eigenvalue weighted by molar-refractivity contribution is -0.139. The first-order valence-electron chi connectivity index (χ1n) is 8.78. The molecule has 0 radical (unpaired) electrons. The summed E-state index contributed by atoms with van der Waals surface area (Å²) < 4.78 is 5.53. The Morgan fingerprint density at radius 2 is 2.21 bits per heavy atom. The molecule has 0 amide bonds. The molecule has 0 fully saturated rings. The molecule has 1 aromatic carbocycles. The van der Waals surface area contributed by atoms with E-state index in [4.69, 9.17) is 9.84 Å². The fourth-order valence-electron chi connectivity index (χ4n) is 3.26. The maximum absolute atomic E-state index is 12.6. The Hall–Kier alpha value is -3.68. The smallest absolute Gasteiger partial charge is 0.341 e. The van der Waals surface area contributed by atoms with E-state index in [0.717, 1.165) is 17.0 Å². The average molecular weight is 378 g/mol. The number of anilines is 1. The number of benzene rings is 1. The third-order valence-corrected chi connectivity index (χ3v) is 4.53. The van der Waals surface area contributed by atoms with Crippen LogP contribution in [0, 0.1) is 6.92 Å². The summed E-state index contributed by atoms with van der Waals surface area (Å²) in [4.78, 5) is 34.1. The van der Waals surface area contributed by atoms with Crippen molar-refractivity contribution in [2.24, 2.45) is 4.99 Å². The fraction of sp³-hybridized carbons (Fsp3) is 0.200. The predicted octanol–water partition coefficient (Wildman–Crippen LogP) is 2.07. The number of hydrogen-bond donors (Lipinski definition) is 2. The van der Waals surface area contributed by atoms with Gasteiger partial charge in [0.05, 0.1) is 12.2 Å². The van der Waals surface area contributed by atoms with Crippen LogP contribution in [0.3, 0.4) is 0 Å². The van der Waals surface area contributed by atoms with Crippen LogP contribution in [0.25, 0.3) is 0 Å². The van der Waals surface area contributed by atoms with Gasteiger partial charge in [0.2, 0.25) is 0 Å². The SMILES string of the molecule is Cc1ccc2c(c1OCC(=O)O)NC(=CC(=O)c1cccnc1)N1CCN=C21. The van der Waals surface area contributed by atoms with Crippen LogP contribution in [-0.4, -0.2) is 52.3 Å². The average Bonchev–Trinajstić information content (AvgIpc) is 3.18. The van der Waals surface area contributed by atoms with Crippen molar-refractivity contribution in [3.05, 3.63) is 65.2 Å². The molecule has 0 saturated heterocycles. The van der Waals surface area contributed by atoms with Crippen molar-refractivity contribution in [1.82, 2.24) is 9.88 Å². The van der Waals surface area contributed by atoms with Crippen molar-refractivity contribution >= 4 is 23.3 Å². The first-order chi connectivity index (χ1) is 13.5. The molecular formula is C20H18N4O4. The highest BCUT2D eigenvalue weighted by molar-refractivity contribution is 6.11. The highest BCUT2D eigenvalue weighted by atomic mass is 16.5. The molecule has 4 rings (SSSR count). The lowest BCUT2D eigenvalue weighted by Crippen LogP contribution is -2.37. The zero-order chi connectivity index (χ0) is 19.7. The van der Waals surface area contributed by atoms with Crippen LogP contribution in [0.1, 0.15) is 21.5 Å². The van der Waals surface area contributed by atoms with Gasteiger partial charge in [0, 0.05) is 36.1 Å². The lowest BCUT2D eigenvalue weighted by atomic mass is 10.0. The number of amidine groups is 1. The standard InChI is InChI=1S/C20H18N4O4/c1-12-4-5-14-18(19(12)28-11-17(26)27)23-16(24-8-7-22-20(14)24)9-15(25)13-3-2-6-21-10-13/h2-6,9-10,23H,7-8,11H2,1H3,(H,26,27). The molecule has 142 valence electrons. The molecule has 28 heavy (non-hydrogen) atoms. The Labute approximate surface area is 161 Å². The third kappa shape index (κ3) is 3.20. The van der Waals surface area contributed by atoms with E-state index >= 15 is 0 Å². The van der Waals surface area contributed by atoms with E-state index in [1.165, 1.54) is 12.3 Å². The zero-order valence-corrected chi connectivity index (χ0v) is 15.2. The number of carboxylic acids is 1. The predicted molar refractivity (Wildman–Crippen MR) is 103 cm³/mol. The number of rotatable bonds is 5. The van der Waals surface area contributed by atoms with Crippen LogP contribution < -0.4 is 10.1 Å². The number of carbonyl (C=O) groups excluding carboxylic acids is 1. The molecule has 0 saturated carbocycles. The quantitative estimate of drug-likeness (QED) is 0.606. The van der Waals surface area contributed by atoms with Gasteiger partial charge in [-0.2, -0.15) is 0 Å². The number of aromatic nitrogens is 1. The molecule has 2 aliphatic heterocycles. The minimum absolute atomic E-state index is 0.189. The fourth-order valence-corrected chi connectivity index (χ4v) is 3.26. The number of ether oxygens (including phenoxy) is 1. The van der Waals surface area contributed by atoms with Gasteiger partial charge in [-0.3, -0.25) is 14.8 Å². The number of fused-ring (bicyclic) bond motifs is 3. The highest BCUT2D eigenvalue weighted by Crippen LogP contribution is 2.39. The van der Waals surface area contributed by atoms with Gasteiger partial charge in [-0.05, 0) is 30.7 Å². The second-order valence-electron chi connectivity index (χ2n) is 6.43. The molecule has 0 unspecified atom stereocenters. The van der Waals surface area contributed by atoms with Crippen molar-refractivity contribution < 1.29 is 19.4 Å². The Bertz CT molecular complexity index is 1010. The van der Waals surface area contributed by atoms with Crippen molar-refractivity contribution in [3.63, 3.8) is 0 Å². The number of aryl methyl sites for hydroxylation is 1. The summed E-state index contributed by atoms with van der Waals surface area (Å²) in [6, 6.07) is 7.20. The molecule has 8 nitrogen and oxygen atoms in total. The number of carbonyl (C=O) groups is 2. The molecule has 0 aliphatic carbocycles. The maximum atomic E-state index is 12.6. The summed E-state index contributed by atoms with van der Waals surface area (Å²) in [5.74, 6) is 0.498. The van der Waals surface area contributed by atoms with Gasteiger partial charge in [0.1, 0.15) is 17.4 Å². The Morgan fingerprint density at radius 1 is 1.36 bits per heavy atom. The summed E-state index contributed by atoms with van der Waals surface area (Å²) in [7, 11) is 0. The first-order valence-corrected chi connectivity index (χ1v) is 8.78. The Balaban J connectivity index is 1.75. The largest absolute Gasteiger partial charge is 0.479 e. The van der Waals surface area contributed by atoms with Gasteiger partial charge in [0.25, 0.3) is 0 Å². The molecule has 0 bridgehead atoms. The molecule has 8 heteroatoms. The van der Waals surface area contributed by atoms with E-state index in [1.54, 1.807) is 18.3 Å². The number of aliphatic imine (C=N–C) groups is 1. The number of nitrogens with zero attached hydrogens (tertiary/aromatic N) is 3. The summed E-state index contributed by atoms with van der Waals surface area (Å²) in [5, 5.41) is 12.2. The van der Waals surface area contributed by atoms with Crippen molar-refractivity contribution in [2.45, 2.75) is 6.92 Å². The number of ketones is 1. The zero-order valence-electron chi connectivity index (χ0n) is 15.2. The molecule has 1 aromatic heterocycles. The van der Waals surface area contributed by atoms with Gasteiger partial charge in [-0.1, -0.05) is 6.07 Å². The Kier molecular flexibility index (Phi) is 4.52. The molecule has 2 aliphatic rings. The topological polar surface area (TPSA) is 104 Å². The normalized spacial score (nSPS) is 16.1. The van der Waals surface area contributed by atoms with Gasteiger partial charge in [-0.25, -0.2) is 4.79 Å². The number of pyridine rings is 1. The van der Waals surface area contributed by atoms with E-state index in [1.807, 2.05) is 24.0 Å². The van der Waals surface area contributed by atoms with E-state index in [0.29, 0.717) is 35.9 Å². The van der Waals surface area contributed by atoms with Crippen molar-refractivity contribution in [3.8, 4) is 5.75 Å². The summed E-state index contributed by atoms with van der Waals surface area (Å²) in [6.07, 6.45) is 4.63. The monoisotopic (exact) mass is 378 g/mol. The summed E-state index contributed by atoms with van der Waals surface area (Å²) in [5.41, 5.74) is 2.70. The van der Waals surface area contributed by atoms with Crippen molar-refractivity contribution in [2.75, 3.05) is 25.0 Å². The number of carboxylic acid groups (broad SMARTS) is 1. The lowest BCUT2D eigenvalue weighted by Gasteiger charge is -2.32. The number of hydrogen-bond acceptors (Lipinski definition) is 7. The molecule has 0 spiro atoms.